The van der Waals surface area contributed by atoms with Crippen LogP contribution in [0.2, 0.25) is 0 Å². The van der Waals surface area contributed by atoms with Crippen LogP contribution in [0.5, 0.6) is 5.75 Å². The maximum atomic E-state index is 12.0. The molecule has 3 radical (unpaired) electrons. The zero-order chi connectivity index (χ0) is 24.7. The van der Waals surface area contributed by atoms with Crippen LogP contribution in [0.1, 0.15) is 0 Å². The summed E-state index contributed by atoms with van der Waals surface area (Å²) in [6.07, 6.45) is 0. The highest BCUT2D eigenvalue weighted by Gasteiger charge is 2.29. The average Bonchev–Trinajstić information content (AvgIpc) is 2.62. The molecule has 0 atom stereocenters. The van der Waals surface area contributed by atoms with Crippen molar-refractivity contribution in [1.82, 2.24) is 0 Å². The average molecular weight is 549 g/mol. The molecule has 0 aliphatic carbocycles. The van der Waals surface area contributed by atoms with E-state index in [2.05, 4.69) is 4.52 Å². The van der Waals surface area contributed by atoms with Crippen LogP contribution in [0.15, 0.2) is 51.1 Å². The van der Waals surface area contributed by atoms with Gasteiger partial charge in [0.1, 0.15) is 20.4 Å². The van der Waals surface area contributed by atoms with Crippen molar-refractivity contribution in [3.8, 4) is 5.75 Å². The van der Waals surface area contributed by atoms with E-state index in [-0.39, 0.29) is 40.7 Å². The summed E-state index contributed by atoms with van der Waals surface area (Å²) in [5, 5.41) is -1.71. The van der Waals surface area contributed by atoms with Gasteiger partial charge in [-0.2, -0.15) is 25.3 Å². The van der Waals surface area contributed by atoms with Gasteiger partial charge in [-0.3, -0.25) is 23.4 Å². The van der Waals surface area contributed by atoms with Gasteiger partial charge in [0.05, 0.1) is 0 Å². The Hall–Kier alpha value is -2.34. The third-order valence-electron chi connectivity index (χ3n) is 4.80. The molecule has 179 valence electrons. The van der Waals surface area contributed by atoms with Crippen molar-refractivity contribution < 1.29 is 57.8 Å². The standard InChI is InChI=1S/C16H11O13PS3.B/c17-30(18,19)29-11-5-12(31(20,21)22)8-3-4-10-14(33(26,27)28)6-13(32(23,24)25)9-2-1-7(11)15(8)16(9)10;/h1-6H,(H2,17,18,19)(H,20,21,22)(H,23,24,25)(H,26,27,28);. The molecule has 4 aromatic carbocycles. The Kier molecular flexibility index (Phi) is 6.06. The number of phosphoric ester groups is 1. The third kappa shape index (κ3) is 4.37. The SMILES string of the molecule is O=P(O)(O)Oc1cc(S(=O)(=O)O)c2ccc3c(S(=O)(=O)O)cc(S(=O)(=O)O)c4ccc1c2c43.[B]. The molecule has 5 N–H and O–H groups in total. The summed E-state index contributed by atoms with van der Waals surface area (Å²) >= 11 is 0. The van der Waals surface area contributed by atoms with Gasteiger partial charge < -0.3 is 4.52 Å². The van der Waals surface area contributed by atoms with Crippen molar-refractivity contribution in [1.29, 1.82) is 0 Å². The van der Waals surface area contributed by atoms with Gasteiger partial charge in [0.2, 0.25) is 0 Å². The maximum absolute atomic E-state index is 12.0. The van der Waals surface area contributed by atoms with Crippen LogP contribution >= 0.6 is 7.82 Å². The Morgan fingerprint density at radius 2 is 0.941 bits per heavy atom. The Morgan fingerprint density at radius 3 is 1.29 bits per heavy atom. The van der Waals surface area contributed by atoms with Crippen molar-refractivity contribution in [2.45, 2.75) is 14.7 Å². The first-order valence-corrected chi connectivity index (χ1v) is 14.2. The lowest BCUT2D eigenvalue weighted by molar-refractivity contribution is 0.284. The van der Waals surface area contributed by atoms with E-state index < -0.39 is 58.6 Å². The number of phosphoric acid groups is 1. The quantitative estimate of drug-likeness (QED) is 0.103. The summed E-state index contributed by atoms with van der Waals surface area (Å²) in [6.45, 7) is 0. The Bertz CT molecular complexity index is 1810. The number of benzene rings is 4. The minimum absolute atomic E-state index is 0. The molecule has 4 rings (SSSR count). The second-order valence-corrected chi connectivity index (χ2v) is 12.2. The van der Waals surface area contributed by atoms with Crippen molar-refractivity contribution >= 4 is 78.9 Å². The smallest absolute Gasteiger partial charge is 0.404 e. The van der Waals surface area contributed by atoms with Crippen molar-refractivity contribution in [2.24, 2.45) is 0 Å². The lowest BCUT2D eigenvalue weighted by Gasteiger charge is -2.18. The third-order valence-corrected chi connectivity index (χ3v) is 7.91. The van der Waals surface area contributed by atoms with Crippen LogP contribution in [0.3, 0.4) is 0 Å². The maximum Gasteiger partial charge on any atom is 0.524 e. The Labute approximate surface area is 193 Å². The summed E-state index contributed by atoms with van der Waals surface area (Å²) in [4.78, 5) is 15.6. The first kappa shape index (κ1) is 26.3. The van der Waals surface area contributed by atoms with Crippen LogP contribution in [0, 0.1) is 0 Å². The number of rotatable bonds is 5. The molecule has 34 heavy (non-hydrogen) atoms. The summed E-state index contributed by atoms with van der Waals surface area (Å²) < 4.78 is 117. The summed E-state index contributed by atoms with van der Waals surface area (Å²) in [5.74, 6) is -0.733. The zero-order valence-corrected chi connectivity index (χ0v) is 19.6. The monoisotopic (exact) mass is 549 g/mol. The van der Waals surface area contributed by atoms with E-state index in [9.17, 15) is 53.3 Å². The highest BCUT2D eigenvalue weighted by molar-refractivity contribution is 7.87. The number of hydrogen-bond donors (Lipinski definition) is 5. The fraction of sp³-hybridized carbons (Fsp3) is 0. The summed E-state index contributed by atoms with van der Waals surface area (Å²) in [6, 6.07) is 5.34. The first-order valence-electron chi connectivity index (χ1n) is 8.36. The van der Waals surface area contributed by atoms with E-state index in [1.807, 2.05) is 0 Å². The molecular weight excluding hydrogens is 538 g/mol. The molecule has 0 amide bonds. The second-order valence-electron chi connectivity index (χ2n) is 6.82. The van der Waals surface area contributed by atoms with Gasteiger partial charge >= 0.3 is 7.82 Å². The minimum atomic E-state index is -5.27. The molecule has 0 saturated carbocycles. The summed E-state index contributed by atoms with van der Waals surface area (Å²) in [5.41, 5.74) is 0. The molecule has 0 bridgehead atoms. The molecule has 13 nitrogen and oxygen atoms in total. The van der Waals surface area contributed by atoms with Crippen LogP contribution in [0.25, 0.3) is 32.3 Å². The molecule has 0 fully saturated rings. The van der Waals surface area contributed by atoms with E-state index in [4.69, 9.17) is 0 Å². The highest BCUT2D eigenvalue weighted by atomic mass is 32.2. The highest BCUT2D eigenvalue weighted by Crippen LogP contribution is 2.48. The lowest BCUT2D eigenvalue weighted by atomic mass is 9.94. The van der Waals surface area contributed by atoms with Gasteiger partial charge in [-0.05, 0) is 12.1 Å². The predicted octanol–water partition coefficient (Wildman–Crippen LogP) is 1.41. The van der Waals surface area contributed by atoms with E-state index in [0.29, 0.717) is 12.1 Å². The molecule has 0 aliphatic heterocycles. The van der Waals surface area contributed by atoms with E-state index in [1.54, 1.807) is 0 Å². The fourth-order valence-corrected chi connectivity index (χ4v) is 6.33. The van der Waals surface area contributed by atoms with E-state index in [1.165, 1.54) is 0 Å². The van der Waals surface area contributed by atoms with E-state index in [0.717, 1.165) is 24.3 Å². The Morgan fingerprint density at radius 1 is 0.618 bits per heavy atom. The van der Waals surface area contributed by atoms with Crippen molar-refractivity contribution in [2.75, 3.05) is 0 Å². The predicted molar refractivity (Wildman–Crippen MR) is 118 cm³/mol. The van der Waals surface area contributed by atoms with Crippen molar-refractivity contribution in [3.05, 3.63) is 36.4 Å². The van der Waals surface area contributed by atoms with Gasteiger partial charge in [0.25, 0.3) is 30.4 Å². The molecule has 0 saturated heterocycles. The molecule has 0 aliphatic rings. The Balaban J connectivity index is 0.00000324. The normalized spacial score (nSPS) is 13.4. The molecule has 0 unspecified atom stereocenters. The van der Waals surface area contributed by atoms with Crippen molar-refractivity contribution in [3.63, 3.8) is 0 Å². The molecule has 0 spiro atoms. The first-order chi connectivity index (χ1) is 14.9. The van der Waals surface area contributed by atoms with E-state index >= 15 is 0 Å². The minimum Gasteiger partial charge on any atom is -0.404 e. The second kappa shape index (κ2) is 7.84. The van der Waals surface area contributed by atoms with Gasteiger partial charge in [-0.15, -0.1) is 0 Å². The van der Waals surface area contributed by atoms with Gasteiger partial charge in [0, 0.05) is 46.8 Å². The van der Waals surface area contributed by atoms with Gasteiger partial charge in [-0.25, -0.2) is 4.57 Å². The largest absolute Gasteiger partial charge is 0.524 e. The van der Waals surface area contributed by atoms with Crippen LogP contribution in [0.4, 0.5) is 0 Å². The molecule has 0 heterocycles. The molecule has 18 heteroatoms. The molecular formula is C16H11BO13PS3. The van der Waals surface area contributed by atoms with Gasteiger partial charge in [-0.1, -0.05) is 18.2 Å². The zero-order valence-electron chi connectivity index (χ0n) is 16.2. The number of hydrogen-bond acceptors (Lipinski definition) is 8. The van der Waals surface area contributed by atoms with Crippen LogP contribution in [-0.2, 0) is 34.9 Å². The summed E-state index contributed by atoms with van der Waals surface area (Å²) in [7, 11) is -20.5. The lowest BCUT2D eigenvalue weighted by Crippen LogP contribution is -2.07. The van der Waals surface area contributed by atoms with Crippen LogP contribution in [-0.4, -0.2) is 57.1 Å². The molecule has 0 aromatic heterocycles. The van der Waals surface area contributed by atoms with Gasteiger partial charge in [0.15, 0.2) is 0 Å². The topological polar surface area (TPSA) is 230 Å². The molecule has 4 aromatic rings. The van der Waals surface area contributed by atoms with Crippen LogP contribution < -0.4 is 4.52 Å². The fourth-order valence-electron chi connectivity index (χ4n) is 3.71.